The predicted octanol–water partition coefficient (Wildman–Crippen LogP) is 5.19. The number of rotatable bonds is 2. The van der Waals surface area contributed by atoms with E-state index in [0.29, 0.717) is 11.3 Å². The Morgan fingerprint density at radius 3 is 2.14 bits per heavy atom. The van der Waals surface area contributed by atoms with Crippen molar-refractivity contribution in [2.24, 2.45) is 7.05 Å². The average Bonchev–Trinajstić information content (AvgIpc) is 2.74. The number of esters is 1. The molecule has 0 bridgehead atoms. The summed E-state index contributed by atoms with van der Waals surface area (Å²) >= 11 is 0. The third kappa shape index (κ3) is 2.60. The van der Waals surface area contributed by atoms with Crippen LogP contribution in [0.15, 0.2) is 91.0 Å². The maximum absolute atomic E-state index is 13.3. The Hall–Kier alpha value is -3.72. The Morgan fingerprint density at radius 2 is 1.36 bits per heavy atom. The average molecular weight is 364 g/mol. The monoisotopic (exact) mass is 364 g/mol. The van der Waals surface area contributed by atoms with Crippen molar-refractivity contribution in [2.45, 2.75) is 0 Å². The summed E-state index contributed by atoms with van der Waals surface area (Å²) in [6, 6.07) is 29.6. The number of benzene rings is 4. The summed E-state index contributed by atoms with van der Waals surface area (Å²) in [7, 11) is 2.03. The van der Waals surface area contributed by atoms with Crippen LogP contribution in [0.25, 0.3) is 32.6 Å². The van der Waals surface area contributed by atoms with Crippen molar-refractivity contribution in [1.82, 2.24) is 0 Å². The van der Waals surface area contributed by atoms with Crippen molar-refractivity contribution in [3.8, 4) is 5.75 Å². The van der Waals surface area contributed by atoms with Crippen LogP contribution >= 0.6 is 0 Å². The molecule has 0 N–H and O–H groups in total. The molecule has 3 heteroatoms. The molecule has 0 atom stereocenters. The molecule has 1 aromatic heterocycles. The van der Waals surface area contributed by atoms with Crippen molar-refractivity contribution in [3.05, 3.63) is 96.6 Å². The zero-order valence-corrected chi connectivity index (χ0v) is 15.4. The molecule has 4 aromatic carbocycles. The van der Waals surface area contributed by atoms with Crippen LogP contribution in [0.2, 0.25) is 0 Å². The van der Waals surface area contributed by atoms with Gasteiger partial charge in [-0.15, -0.1) is 0 Å². The highest BCUT2D eigenvalue weighted by Crippen LogP contribution is 2.29. The number of hydrogen-bond acceptors (Lipinski definition) is 2. The molecule has 0 fully saturated rings. The number of aromatic nitrogens is 1. The molecule has 0 saturated carbocycles. The lowest BCUT2D eigenvalue weighted by Crippen LogP contribution is -2.31. The van der Waals surface area contributed by atoms with Gasteiger partial charge in [0, 0.05) is 12.1 Å². The van der Waals surface area contributed by atoms with Gasteiger partial charge in [0.1, 0.15) is 12.8 Å². The molecular weight excluding hydrogens is 346 g/mol. The third-order valence-corrected chi connectivity index (χ3v) is 5.19. The van der Waals surface area contributed by atoms with Crippen LogP contribution in [-0.4, -0.2) is 5.97 Å². The van der Waals surface area contributed by atoms with Crippen LogP contribution < -0.4 is 9.30 Å². The third-order valence-electron chi connectivity index (χ3n) is 5.19. The fourth-order valence-electron chi connectivity index (χ4n) is 3.82. The molecule has 0 amide bonds. The first-order chi connectivity index (χ1) is 13.7. The quantitative estimate of drug-likeness (QED) is 0.187. The largest absolute Gasteiger partial charge is 0.423 e. The van der Waals surface area contributed by atoms with E-state index in [0.717, 1.165) is 32.6 Å². The molecule has 3 nitrogen and oxygen atoms in total. The molecule has 0 unspecified atom stereocenters. The highest BCUT2D eigenvalue weighted by molar-refractivity contribution is 6.15. The van der Waals surface area contributed by atoms with Gasteiger partial charge >= 0.3 is 5.97 Å². The first kappa shape index (κ1) is 16.5. The lowest BCUT2D eigenvalue weighted by Gasteiger charge is -2.11. The number of carbonyl (C=O) groups excluding carboxylic acids is 1. The fourth-order valence-corrected chi connectivity index (χ4v) is 3.82. The first-order valence-corrected chi connectivity index (χ1v) is 9.23. The minimum absolute atomic E-state index is 0.344. The second kappa shape index (κ2) is 6.46. The second-order valence-electron chi connectivity index (χ2n) is 6.87. The Labute approximate surface area is 162 Å². The van der Waals surface area contributed by atoms with Crippen LogP contribution in [-0.2, 0) is 7.05 Å². The maximum Gasteiger partial charge on any atom is 0.345 e. The van der Waals surface area contributed by atoms with E-state index in [2.05, 4.69) is 28.8 Å². The van der Waals surface area contributed by atoms with Gasteiger partial charge in [-0.3, -0.25) is 0 Å². The SMILES string of the molecule is C[n+]1c2ccccc2c(C(=O)Oc2ccccc2)c2cc3ccccc3cc21. The Morgan fingerprint density at radius 1 is 0.714 bits per heavy atom. The van der Waals surface area contributed by atoms with Crippen LogP contribution in [0.1, 0.15) is 10.4 Å². The van der Waals surface area contributed by atoms with E-state index in [4.69, 9.17) is 4.74 Å². The number of fused-ring (bicyclic) bond motifs is 3. The zero-order valence-electron chi connectivity index (χ0n) is 15.4. The van der Waals surface area contributed by atoms with Gasteiger partial charge in [0.2, 0.25) is 11.0 Å². The van der Waals surface area contributed by atoms with Crippen molar-refractivity contribution < 1.29 is 14.1 Å². The van der Waals surface area contributed by atoms with E-state index in [9.17, 15) is 4.79 Å². The Kier molecular flexibility index (Phi) is 3.80. The van der Waals surface area contributed by atoms with Crippen molar-refractivity contribution in [1.29, 1.82) is 0 Å². The van der Waals surface area contributed by atoms with Gasteiger partial charge in [-0.25, -0.2) is 4.79 Å². The lowest BCUT2D eigenvalue weighted by molar-refractivity contribution is -0.617. The smallest absolute Gasteiger partial charge is 0.345 e. The standard InChI is InChI=1S/C25H18NO2/c1-26-22-14-8-7-13-20(22)24(25(27)28-19-11-3-2-4-12-19)21-15-17-9-5-6-10-18(17)16-23(21)26/h2-16H,1H3/q+1. The molecule has 0 aliphatic rings. The Balaban J connectivity index is 1.85. The minimum Gasteiger partial charge on any atom is -0.423 e. The van der Waals surface area contributed by atoms with E-state index >= 15 is 0 Å². The first-order valence-electron chi connectivity index (χ1n) is 9.23. The predicted molar refractivity (Wildman–Crippen MR) is 112 cm³/mol. The molecule has 5 rings (SSSR count). The summed E-state index contributed by atoms with van der Waals surface area (Å²) in [5.74, 6) is 0.196. The van der Waals surface area contributed by atoms with Crippen molar-refractivity contribution >= 4 is 38.5 Å². The summed E-state index contributed by atoms with van der Waals surface area (Å²) < 4.78 is 7.86. The van der Waals surface area contributed by atoms with Crippen LogP contribution in [0.5, 0.6) is 5.75 Å². The maximum atomic E-state index is 13.3. The zero-order chi connectivity index (χ0) is 19.1. The van der Waals surface area contributed by atoms with Gasteiger partial charge in [-0.05, 0) is 35.0 Å². The summed E-state index contributed by atoms with van der Waals surface area (Å²) in [6.07, 6.45) is 0. The van der Waals surface area contributed by atoms with E-state index in [-0.39, 0.29) is 5.97 Å². The normalized spacial score (nSPS) is 11.2. The van der Waals surface area contributed by atoms with Crippen LogP contribution in [0.3, 0.4) is 0 Å². The number of hydrogen-bond donors (Lipinski definition) is 0. The van der Waals surface area contributed by atoms with Crippen molar-refractivity contribution in [3.63, 3.8) is 0 Å². The molecule has 1 heterocycles. The summed E-state index contributed by atoms with van der Waals surface area (Å²) in [5.41, 5.74) is 2.58. The number of aryl methyl sites for hydroxylation is 1. The highest BCUT2D eigenvalue weighted by atomic mass is 16.5. The fraction of sp³-hybridized carbons (Fsp3) is 0.0400. The van der Waals surface area contributed by atoms with Gasteiger partial charge in [0.05, 0.1) is 16.3 Å². The molecule has 0 radical (unpaired) electrons. The topological polar surface area (TPSA) is 30.2 Å². The number of nitrogens with zero attached hydrogens (tertiary/aromatic N) is 1. The van der Waals surface area contributed by atoms with Gasteiger partial charge in [-0.1, -0.05) is 54.6 Å². The van der Waals surface area contributed by atoms with Crippen LogP contribution in [0, 0.1) is 0 Å². The van der Waals surface area contributed by atoms with Gasteiger partial charge in [0.15, 0.2) is 0 Å². The molecule has 134 valence electrons. The number of para-hydroxylation sites is 2. The minimum atomic E-state index is -0.344. The van der Waals surface area contributed by atoms with Crippen molar-refractivity contribution in [2.75, 3.05) is 0 Å². The van der Waals surface area contributed by atoms with E-state index in [1.165, 1.54) is 0 Å². The van der Waals surface area contributed by atoms with E-state index in [1.54, 1.807) is 12.1 Å². The summed E-state index contributed by atoms with van der Waals surface area (Å²) in [5, 5.41) is 4.01. The Bertz CT molecular complexity index is 1360. The number of ether oxygens (including phenoxy) is 1. The molecule has 0 saturated heterocycles. The van der Waals surface area contributed by atoms with Gasteiger partial charge in [0.25, 0.3) is 0 Å². The number of pyridine rings is 1. The second-order valence-corrected chi connectivity index (χ2v) is 6.87. The highest BCUT2D eigenvalue weighted by Gasteiger charge is 2.24. The summed E-state index contributed by atoms with van der Waals surface area (Å²) in [4.78, 5) is 13.3. The number of carbonyl (C=O) groups is 1. The molecule has 0 spiro atoms. The van der Waals surface area contributed by atoms with Gasteiger partial charge < -0.3 is 4.74 Å². The summed E-state index contributed by atoms with van der Waals surface area (Å²) in [6.45, 7) is 0. The molecular formula is C25H18NO2+. The molecule has 28 heavy (non-hydrogen) atoms. The van der Waals surface area contributed by atoms with Crippen LogP contribution in [0.4, 0.5) is 0 Å². The lowest BCUT2D eigenvalue weighted by atomic mass is 9.99. The van der Waals surface area contributed by atoms with Gasteiger partial charge in [-0.2, -0.15) is 4.57 Å². The van der Waals surface area contributed by atoms with E-state index in [1.807, 2.05) is 61.6 Å². The molecule has 0 aliphatic carbocycles. The van der Waals surface area contributed by atoms with E-state index < -0.39 is 0 Å². The molecule has 5 aromatic rings. The molecule has 0 aliphatic heterocycles.